The normalized spacial score (nSPS) is 17.3. The second-order valence-electron chi connectivity index (χ2n) is 7.43. The van der Waals surface area contributed by atoms with Crippen LogP contribution in [0.2, 0.25) is 0 Å². The van der Waals surface area contributed by atoms with Gasteiger partial charge >= 0.3 is 5.97 Å². The minimum atomic E-state index is -3.12. The van der Waals surface area contributed by atoms with Crippen molar-refractivity contribution >= 4 is 21.7 Å². The van der Waals surface area contributed by atoms with Gasteiger partial charge in [-0.25, -0.2) is 13.2 Å². The summed E-state index contributed by atoms with van der Waals surface area (Å²) in [6.07, 6.45) is 0.403. The van der Waals surface area contributed by atoms with Crippen LogP contribution in [-0.2, 0) is 26.0 Å². The Balaban J connectivity index is 1.56. The Bertz CT molecular complexity index is 1040. The van der Waals surface area contributed by atoms with E-state index < -0.39 is 28.3 Å². The molecule has 1 aromatic heterocycles. The highest BCUT2D eigenvalue weighted by atomic mass is 32.2. The van der Waals surface area contributed by atoms with Crippen LogP contribution in [0.4, 0.5) is 0 Å². The van der Waals surface area contributed by atoms with E-state index in [2.05, 4.69) is 5.16 Å². The Morgan fingerprint density at radius 3 is 2.68 bits per heavy atom. The number of ether oxygens (including phenoxy) is 2. The zero-order chi connectivity index (χ0) is 22.6. The molecule has 1 aliphatic rings. The number of nitrogens with zero attached hydrogens (tertiary/aromatic N) is 2. The molecule has 9 nitrogen and oxygen atoms in total. The standard InChI is InChI=1S/C21H26N2O7S/c1-4-23(17-8-9-31(26,27)13-17)20(24)12-29-21(25)16-6-5-7-18(10-16)28-11-19-14(2)22-30-15(19)3/h5-7,10,17H,4,8-9,11-13H2,1-3H3/t17-/m1/s1. The molecule has 0 aliphatic carbocycles. The summed E-state index contributed by atoms with van der Waals surface area (Å²) in [5, 5.41) is 3.87. The molecule has 10 heteroatoms. The predicted octanol–water partition coefficient (Wildman–Crippen LogP) is 2.06. The first kappa shape index (κ1) is 22.8. The summed E-state index contributed by atoms with van der Waals surface area (Å²) in [7, 11) is -3.12. The van der Waals surface area contributed by atoms with E-state index in [4.69, 9.17) is 14.0 Å². The number of hydrogen-bond acceptors (Lipinski definition) is 8. The topological polar surface area (TPSA) is 116 Å². The molecule has 1 fully saturated rings. The number of carbonyl (C=O) groups is 2. The van der Waals surface area contributed by atoms with Gasteiger partial charge in [0.05, 0.1) is 28.3 Å². The fourth-order valence-corrected chi connectivity index (χ4v) is 5.26. The van der Waals surface area contributed by atoms with Gasteiger partial charge in [0.15, 0.2) is 16.4 Å². The van der Waals surface area contributed by atoms with Gasteiger partial charge in [0.1, 0.15) is 18.1 Å². The molecule has 0 spiro atoms. The van der Waals surface area contributed by atoms with Crippen LogP contribution in [0.3, 0.4) is 0 Å². The van der Waals surface area contributed by atoms with Crippen LogP contribution in [0.1, 0.15) is 40.7 Å². The SMILES string of the molecule is CCN(C(=O)COC(=O)c1cccc(OCc2c(C)noc2C)c1)[C@@H]1CCS(=O)(=O)C1. The molecule has 0 N–H and O–H groups in total. The first-order valence-electron chi connectivity index (χ1n) is 10.0. The van der Waals surface area contributed by atoms with Crippen molar-refractivity contribution in [2.75, 3.05) is 24.7 Å². The third-order valence-electron chi connectivity index (χ3n) is 5.27. The number of esters is 1. The first-order valence-corrected chi connectivity index (χ1v) is 11.8. The van der Waals surface area contributed by atoms with Crippen molar-refractivity contribution in [3.63, 3.8) is 0 Å². The Morgan fingerprint density at radius 2 is 2.06 bits per heavy atom. The van der Waals surface area contributed by atoms with E-state index in [1.807, 2.05) is 6.92 Å². The number of carbonyl (C=O) groups excluding carboxylic acids is 2. The average molecular weight is 451 g/mol. The molecule has 1 aromatic carbocycles. The summed E-state index contributed by atoms with van der Waals surface area (Å²) in [4.78, 5) is 26.4. The van der Waals surface area contributed by atoms with Crippen LogP contribution in [0, 0.1) is 13.8 Å². The maximum absolute atomic E-state index is 12.5. The third kappa shape index (κ3) is 5.63. The zero-order valence-electron chi connectivity index (χ0n) is 17.8. The van der Waals surface area contributed by atoms with Crippen molar-refractivity contribution < 1.29 is 32.0 Å². The molecule has 0 radical (unpaired) electrons. The Morgan fingerprint density at radius 1 is 1.29 bits per heavy atom. The van der Waals surface area contributed by atoms with E-state index >= 15 is 0 Å². The van der Waals surface area contributed by atoms with Crippen LogP contribution in [0.5, 0.6) is 5.75 Å². The summed E-state index contributed by atoms with van der Waals surface area (Å²) in [6.45, 7) is 5.53. The molecule has 1 saturated heterocycles. The Kier molecular flexibility index (Phi) is 6.99. The predicted molar refractivity (Wildman–Crippen MR) is 111 cm³/mol. The number of sulfone groups is 1. The van der Waals surface area contributed by atoms with Crippen LogP contribution < -0.4 is 4.74 Å². The Hall–Kier alpha value is -2.88. The minimum absolute atomic E-state index is 0.0506. The lowest BCUT2D eigenvalue weighted by Crippen LogP contribution is -2.43. The maximum atomic E-state index is 12.5. The molecular weight excluding hydrogens is 424 g/mol. The summed E-state index contributed by atoms with van der Waals surface area (Å²) in [5.41, 5.74) is 1.82. The van der Waals surface area contributed by atoms with E-state index in [0.29, 0.717) is 24.5 Å². The number of amides is 1. The van der Waals surface area contributed by atoms with Gasteiger partial charge in [0.2, 0.25) is 0 Å². The highest BCUT2D eigenvalue weighted by Gasteiger charge is 2.34. The minimum Gasteiger partial charge on any atom is -0.489 e. The van der Waals surface area contributed by atoms with E-state index in [0.717, 1.165) is 11.3 Å². The molecule has 3 rings (SSSR count). The Labute approximate surface area is 181 Å². The molecule has 0 saturated carbocycles. The number of benzene rings is 1. The van der Waals surface area contributed by atoms with Crippen molar-refractivity contribution in [1.82, 2.24) is 10.1 Å². The molecule has 0 unspecified atom stereocenters. The van der Waals surface area contributed by atoms with Gasteiger partial charge in [0, 0.05) is 12.6 Å². The van der Waals surface area contributed by atoms with Crippen molar-refractivity contribution in [3.8, 4) is 5.75 Å². The largest absolute Gasteiger partial charge is 0.489 e. The fourth-order valence-electron chi connectivity index (χ4n) is 3.53. The molecule has 0 bridgehead atoms. The fraction of sp³-hybridized carbons (Fsp3) is 0.476. The average Bonchev–Trinajstić information content (AvgIpc) is 3.26. The molecule has 168 valence electrons. The monoisotopic (exact) mass is 450 g/mol. The maximum Gasteiger partial charge on any atom is 0.338 e. The smallest absolute Gasteiger partial charge is 0.338 e. The zero-order valence-corrected chi connectivity index (χ0v) is 18.6. The van der Waals surface area contributed by atoms with Gasteiger partial charge < -0.3 is 18.9 Å². The van der Waals surface area contributed by atoms with Gasteiger partial charge in [0.25, 0.3) is 5.91 Å². The summed E-state index contributed by atoms with van der Waals surface area (Å²) >= 11 is 0. The van der Waals surface area contributed by atoms with Crippen molar-refractivity contribution in [1.29, 1.82) is 0 Å². The van der Waals surface area contributed by atoms with Crippen molar-refractivity contribution in [2.24, 2.45) is 0 Å². The van der Waals surface area contributed by atoms with Crippen LogP contribution >= 0.6 is 0 Å². The molecule has 2 aromatic rings. The lowest BCUT2D eigenvalue weighted by atomic mass is 10.2. The van der Waals surface area contributed by atoms with Gasteiger partial charge in [-0.15, -0.1) is 0 Å². The number of rotatable bonds is 8. The quantitative estimate of drug-likeness (QED) is 0.561. The number of hydrogen-bond donors (Lipinski definition) is 0. The van der Waals surface area contributed by atoms with E-state index in [1.54, 1.807) is 32.0 Å². The highest BCUT2D eigenvalue weighted by Crippen LogP contribution is 2.20. The van der Waals surface area contributed by atoms with Crippen molar-refractivity contribution in [3.05, 3.63) is 46.8 Å². The van der Waals surface area contributed by atoms with E-state index in [9.17, 15) is 18.0 Å². The van der Waals surface area contributed by atoms with Gasteiger partial charge in [-0.05, 0) is 45.4 Å². The molecule has 1 aliphatic heterocycles. The van der Waals surface area contributed by atoms with Crippen LogP contribution in [0.15, 0.2) is 28.8 Å². The van der Waals surface area contributed by atoms with E-state index in [-0.39, 0.29) is 29.7 Å². The second kappa shape index (κ2) is 9.51. The highest BCUT2D eigenvalue weighted by molar-refractivity contribution is 7.91. The van der Waals surface area contributed by atoms with E-state index in [1.165, 1.54) is 11.0 Å². The lowest BCUT2D eigenvalue weighted by molar-refractivity contribution is -0.136. The van der Waals surface area contributed by atoms with Crippen LogP contribution in [-0.4, -0.2) is 61.1 Å². The van der Waals surface area contributed by atoms with Gasteiger partial charge in [-0.3, -0.25) is 4.79 Å². The summed E-state index contributed by atoms with van der Waals surface area (Å²) in [5.74, 6) is 0.0803. The molecule has 2 heterocycles. The molecule has 1 atom stereocenters. The molecule has 31 heavy (non-hydrogen) atoms. The number of likely N-dealkylation sites (N-methyl/N-ethyl adjacent to an activating group) is 1. The second-order valence-corrected chi connectivity index (χ2v) is 9.66. The summed E-state index contributed by atoms with van der Waals surface area (Å²) < 4.78 is 39.4. The molecule has 1 amide bonds. The number of aryl methyl sites for hydroxylation is 2. The van der Waals surface area contributed by atoms with Gasteiger partial charge in [-0.1, -0.05) is 11.2 Å². The first-order chi connectivity index (χ1) is 14.7. The van der Waals surface area contributed by atoms with Crippen molar-refractivity contribution in [2.45, 2.75) is 39.8 Å². The van der Waals surface area contributed by atoms with Gasteiger partial charge in [-0.2, -0.15) is 0 Å². The summed E-state index contributed by atoms with van der Waals surface area (Å²) in [6, 6.07) is 6.09. The van der Waals surface area contributed by atoms with Crippen LogP contribution in [0.25, 0.3) is 0 Å². The molecular formula is C21H26N2O7S. The number of aromatic nitrogens is 1. The third-order valence-corrected chi connectivity index (χ3v) is 7.02. The lowest BCUT2D eigenvalue weighted by Gasteiger charge is -2.26.